The van der Waals surface area contributed by atoms with Gasteiger partial charge in [0, 0.05) is 12.2 Å². The van der Waals surface area contributed by atoms with Crippen LogP contribution in [0.3, 0.4) is 0 Å². The van der Waals surface area contributed by atoms with Crippen molar-refractivity contribution in [2.45, 2.75) is 27.7 Å². The molecule has 1 amide bonds. The summed E-state index contributed by atoms with van der Waals surface area (Å²) in [5, 5.41) is 3.45. The van der Waals surface area contributed by atoms with Crippen molar-refractivity contribution < 1.29 is 4.79 Å². The second kappa shape index (κ2) is 7.19. The minimum absolute atomic E-state index is 0.240. The number of hydrogen-bond donors (Lipinski definition) is 2. The van der Waals surface area contributed by atoms with Gasteiger partial charge in [-0.3, -0.25) is 4.79 Å². The molecule has 0 aromatic heterocycles. The molecule has 0 fully saturated rings. The minimum atomic E-state index is -0.240. The van der Waals surface area contributed by atoms with E-state index in [1.807, 2.05) is 0 Å². The van der Waals surface area contributed by atoms with Crippen molar-refractivity contribution in [3.63, 3.8) is 0 Å². The third kappa shape index (κ3) is 4.29. The lowest BCUT2D eigenvalue weighted by Gasteiger charge is -2.25. The standard InChI is InChI=1S/C15H22Cl2N2O/c1-8(2)12(9(3)4)7-19-15(20)11-5-10(18)6-13(16)14(11)17/h5-6,8-9,12H,7,18H2,1-4H3,(H,19,20). The summed E-state index contributed by atoms with van der Waals surface area (Å²) in [6, 6.07) is 3.08. The van der Waals surface area contributed by atoms with Crippen LogP contribution in [0.15, 0.2) is 12.1 Å². The Morgan fingerprint density at radius 2 is 1.75 bits per heavy atom. The Kier molecular flexibility index (Phi) is 6.15. The maximum Gasteiger partial charge on any atom is 0.252 e. The van der Waals surface area contributed by atoms with Gasteiger partial charge in [0.05, 0.1) is 15.6 Å². The molecule has 0 saturated carbocycles. The Labute approximate surface area is 130 Å². The molecule has 112 valence electrons. The highest BCUT2D eigenvalue weighted by Crippen LogP contribution is 2.29. The highest BCUT2D eigenvalue weighted by molar-refractivity contribution is 6.44. The van der Waals surface area contributed by atoms with Crippen molar-refractivity contribution in [2.24, 2.45) is 17.8 Å². The summed E-state index contributed by atoms with van der Waals surface area (Å²) in [5.41, 5.74) is 6.44. The van der Waals surface area contributed by atoms with E-state index in [0.29, 0.717) is 40.6 Å². The maximum absolute atomic E-state index is 12.2. The van der Waals surface area contributed by atoms with Gasteiger partial charge in [-0.2, -0.15) is 0 Å². The molecule has 3 nitrogen and oxygen atoms in total. The van der Waals surface area contributed by atoms with E-state index in [-0.39, 0.29) is 10.9 Å². The van der Waals surface area contributed by atoms with Crippen LogP contribution in [0.1, 0.15) is 38.1 Å². The zero-order valence-corrected chi connectivity index (χ0v) is 13.8. The quantitative estimate of drug-likeness (QED) is 0.798. The summed E-state index contributed by atoms with van der Waals surface area (Å²) in [6.07, 6.45) is 0. The highest BCUT2D eigenvalue weighted by atomic mass is 35.5. The lowest BCUT2D eigenvalue weighted by Crippen LogP contribution is -2.34. The number of carbonyl (C=O) groups excluding carboxylic acids is 1. The largest absolute Gasteiger partial charge is 0.399 e. The summed E-state index contributed by atoms with van der Waals surface area (Å²) in [6.45, 7) is 9.22. The van der Waals surface area contributed by atoms with Gasteiger partial charge in [0.1, 0.15) is 0 Å². The van der Waals surface area contributed by atoms with Crippen molar-refractivity contribution in [1.29, 1.82) is 0 Å². The summed E-state index contributed by atoms with van der Waals surface area (Å²) < 4.78 is 0. The van der Waals surface area contributed by atoms with Gasteiger partial charge in [-0.25, -0.2) is 0 Å². The number of nitrogens with one attached hydrogen (secondary N) is 1. The van der Waals surface area contributed by atoms with Crippen molar-refractivity contribution in [3.05, 3.63) is 27.7 Å². The van der Waals surface area contributed by atoms with Crippen LogP contribution in [0, 0.1) is 17.8 Å². The molecule has 3 N–H and O–H groups in total. The Morgan fingerprint density at radius 1 is 1.20 bits per heavy atom. The van der Waals surface area contributed by atoms with Gasteiger partial charge in [0.2, 0.25) is 0 Å². The minimum Gasteiger partial charge on any atom is -0.399 e. The number of hydrogen-bond acceptors (Lipinski definition) is 2. The third-order valence-corrected chi connectivity index (χ3v) is 4.31. The molecule has 0 heterocycles. The van der Waals surface area contributed by atoms with Gasteiger partial charge in [-0.05, 0) is 29.9 Å². The molecule has 0 aliphatic carbocycles. The van der Waals surface area contributed by atoms with Crippen LogP contribution in [0.4, 0.5) is 5.69 Å². The number of amides is 1. The van der Waals surface area contributed by atoms with Crippen LogP contribution in [0.5, 0.6) is 0 Å². The van der Waals surface area contributed by atoms with E-state index in [4.69, 9.17) is 28.9 Å². The first-order valence-electron chi connectivity index (χ1n) is 6.76. The monoisotopic (exact) mass is 316 g/mol. The predicted molar refractivity (Wildman–Crippen MR) is 86.4 cm³/mol. The molecule has 1 aromatic carbocycles. The third-order valence-electron chi connectivity index (χ3n) is 3.51. The summed E-state index contributed by atoms with van der Waals surface area (Å²) >= 11 is 12.0. The van der Waals surface area contributed by atoms with Gasteiger partial charge in [0.15, 0.2) is 0 Å². The van der Waals surface area contributed by atoms with Crippen LogP contribution in [-0.4, -0.2) is 12.5 Å². The molecule has 0 spiro atoms. The first kappa shape index (κ1) is 17.1. The maximum atomic E-state index is 12.2. The number of benzene rings is 1. The van der Waals surface area contributed by atoms with Gasteiger partial charge in [-0.1, -0.05) is 50.9 Å². The number of halogens is 2. The number of carbonyl (C=O) groups is 1. The van der Waals surface area contributed by atoms with Crippen molar-refractivity contribution in [2.75, 3.05) is 12.3 Å². The van der Waals surface area contributed by atoms with E-state index < -0.39 is 0 Å². The van der Waals surface area contributed by atoms with Gasteiger partial charge >= 0.3 is 0 Å². The normalized spacial score (nSPS) is 11.4. The van der Waals surface area contributed by atoms with Gasteiger partial charge in [0.25, 0.3) is 5.91 Å². The molecular formula is C15H22Cl2N2O. The molecule has 0 unspecified atom stereocenters. The second-order valence-corrected chi connectivity index (χ2v) is 6.51. The van der Waals surface area contributed by atoms with Crippen LogP contribution in [-0.2, 0) is 0 Å². The van der Waals surface area contributed by atoms with E-state index in [1.165, 1.54) is 6.07 Å². The lowest BCUT2D eigenvalue weighted by atomic mass is 9.85. The lowest BCUT2D eigenvalue weighted by molar-refractivity contribution is 0.0937. The molecule has 0 atom stereocenters. The molecule has 5 heteroatoms. The average Bonchev–Trinajstić information content (AvgIpc) is 2.32. The van der Waals surface area contributed by atoms with E-state index in [1.54, 1.807) is 6.07 Å². The first-order valence-corrected chi connectivity index (χ1v) is 7.52. The predicted octanol–water partition coefficient (Wildman–Crippen LogP) is 4.23. The zero-order valence-electron chi connectivity index (χ0n) is 12.3. The van der Waals surface area contributed by atoms with Crippen LogP contribution < -0.4 is 11.1 Å². The van der Waals surface area contributed by atoms with Crippen molar-refractivity contribution in [1.82, 2.24) is 5.32 Å². The Balaban J connectivity index is 2.82. The highest BCUT2D eigenvalue weighted by Gasteiger charge is 2.20. The summed E-state index contributed by atoms with van der Waals surface area (Å²) in [7, 11) is 0. The van der Waals surface area contributed by atoms with Crippen LogP contribution in [0.2, 0.25) is 10.0 Å². The average molecular weight is 317 g/mol. The van der Waals surface area contributed by atoms with E-state index in [9.17, 15) is 4.79 Å². The number of nitrogen functional groups attached to an aromatic ring is 1. The fraction of sp³-hybridized carbons (Fsp3) is 0.533. The molecule has 0 bridgehead atoms. The number of anilines is 1. The summed E-state index contributed by atoms with van der Waals surface area (Å²) in [4.78, 5) is 12.2. The molecular weight excluding hydrogens is 295 g/mol. The fourth-order valence-corrected chi connectivity index (χ4v) is 2.74. The molecule has 0 radical (unpaired) electrons. The molecule has 0 saturated heterocycles. The number of rotatable bonds is 5. The molecule has 0 aliphatic rings. The van der Waals surface area contributed by atoms with Crippen molar-refractivity contribution >= 4 is 34.8 Å². The topological polar surface area (TPSA) is 55.1 Å². The zero-order chi connectivity index (χ0) is 15.4. The molecule has 20 heavy (non-hydrogen) atoms. The van der Waals surface area contributed by atoms with Crippen LogP contribution >= 0.6 is 23.2 Å². The Hall–Kier alpha value is -0.930. The first-order chi connectivity index (χ1) is 9.23. The summed E-state index contributed by atoms with van der Waals surface area (Å²) in [5.74, 6) is 1.16. The van der Waals surface area contributed by atoms with E-state index >= 15 is 0 Å². The fourth-order valence-electron chi connectivity index (χ4n) is 2.32. The number of nitrogens with two attached hydrogens (primary N) is 1. The van der Waals surface area contributed by atoms with Gasteiger partial charge in [-0.15, -0.1) is 0 Å². The Bertz CT molecular complexity index is 479. The van der Waals surface area contributed by atoms with E-state index in [2.05, 4.69) is 33.0 Å². The second-order valence-electron chi connectivity index (χ2n) is 5.73. The molecule has 1 rings (SSSR count). The molecule has 1 aromatic rings. The van der Waals surface area contributed by atoms with Crippen LogP contribution in [0.25, 0.3) is 0 Å². The van der Waals surface area contributed by atoms with Gasteiger partial charge < -0.3 is 11.1 Å². The SMILES string of the molecule is CC(C)C(CNC(=O)c1cc(N)cc(Cl)c1Cl)C(C)C. The van der Waals surface area contributed by atoms with E-state index in [0.717, 1.165) is 0 Å². The molecule has 0 aliphatic heterocycles. The smallest absolute Gasteiger partial charge is 0.252 e. The Morgan fingerprint density at radius 3 is 2.25 bits per heavy atom. The van der Waals surface area contributed by atoms with Crippen molar-refractivity contribution in [3.8, 4) is 0 Å².